The van der Waals surface area contributed by atoms with Crippen LogP contribution >= 0.6 is 23.5 Å². The van der Waals surface area contributed by atoms with Crippen molar-refractivity contribution in [2.75, 3.05) is 25.4 Å². The van der Waals surface area contributed by atoms with E-state index in [0.717, 1.165) is 25.3 Å². The SMILES string of the molecule is CCOC(=O)NC(=O)C1CCSC1NC(=O)C1NC2CCNCC2S1. The summed E-state index contributed by atoms with van der Waals surface area (Å²) in [5.41, 5.74) is 0. The lowest BCUT2D eigenvalue weighted by atomic mass is 10.1. The molecule has 25 heavy (non-hydrogen) atoms. The normalized spacial score (nSPS) is 34.2. The van der Waals surface area contributed by atoms with Crippen molar-refractivity contribution in [1.82, 2.24) is 21.3 Å². The summed E-state index contributed by atoms with van der Waals surface area (Å²) in [4.78, 5) is 36.3. The van der Waals surface area contributed by atoms with Crippen LogP contribution in [0.5, 0.6) is 0 Å². The van der Waals surface area contributed by atoms with E-state index in [1.54, 1.807) is 18.7 Å². The molecular weight excluding hydrogens is 364 g/mol. The largest absolute Gasteiger partial charge is 0.450 e. The number of fused-ring (bicyclic) bond motifs is 1. The zero-order chi connectivity index (χ0) is 17.8. The van der Waals surface area contributed by atoms with Crippen molar-refractivity contribution in [3.8, 4) is 0 Å². The highest BCUT2D eigenvalue weighted by atomic mass is 32.2. The second-order valence-electron chi connectivity index (χ2n) is 6.23. The zero-order valence-electron chi connectivity index (χ0n) is 14.1. The van der Waals surface area contributed by atoms with Crippen molar-refractivity contribution < 1.29 is 19.1 Å². The second kappa shape index (κ2) is 8.61. The number of alkyl carbamates (subject to hydrolysis) is 1. The van der Waals surface area contributed by atoms with Crippen LogP contribution in [0.4, 0.5) is 4.79 Å². The third-order valence-corrected chi connectivity index (χ3v) is 7.30. The Morgan fingerprint density at radius 3 is 2.84 bits per heavy atom. The first-order valence-corrected chi connectivity index (χ1v) is 10.6. The average Bonchev–Trinajstić information content (AvgIpc) is 3.21. The Hall–Kier alpha value is -0.970. The molecule has 3 aliphatic rings. The molecule has 3 aliphatic heterocycles. The minimum atomic E-state index is -0.737. The molecular formula is C15H24N4O4S2. The van der Waals surface area contributed by atoms with Crippen LogP contribution in [-0.2, 0) is 14.3 Å². The molecule has 0 saturated carbocycles. The maximum atomic E-state index is 12.6. The Balaban J connectivity index is 1.51. The Labute approximate surface area is 155 Å². The van der Waals surface area contributed by atoms with E-state index >= 15 is 0 Å². The van der Waals surface area contributed by atoms with Crippen molar-refractivity contribution in [2.24, 2.45) is 5.92 Å². The van der Waals surface area contributed by atoms with Gasteiger partial charge in [-0.2, -0.15) is 0 Å². The molecule has 3 heterocycles. The lowest BCUT2D eigenvalue weighted by Gasteiger charge is -2.24. The van der Waals surface area contributed by atoms with Crippen LogP contribution in [0, 0.1) is 5.92 Å². The fraction of sp³-hybridized carbons (Fsp3) is 0.800. The molecule has 8 nitrogen and oxygen atoms in total. The number of carbonyl (C=O) groups is 3. The fourth-order valence-corrected chi connectivity index (χ4v) is 6.03. The van der Waals surface area contributed by atoms with Crippen LogP contribution in [0.2, 0.25) is 0 Å². The van der Waals surface area contributed by atoms with E-state index < -0.39 is 17.9 Å². The minimum absolute atomic E-state index is 0.0901. The topological polar surface area (TPSA) is 109 Å². The summed E-state index contributed by atoms with van der Waals surface area (Å²) in [7, 11) is 0. The van der Waals surface area contributed by atoms with E-state index in [4.69, 9.17) is 4.74 Å². The molecule has 0 aromatic carbocycles. The summed E-state index contributed by atoms with van der Waals surface area (Å²) >= 11 is 3.18. The van der Waals surface area contributed by atoms with Gasteiger partial charge in [0.25, 0.3) is 0 Å². The van der Waals surface area contributed by atoms with Gasteiger partial charge < -0.3 is 15.4 Å². The molecule has 5 unspecified atom stereocenters. The van der Waals surface area contributed by atoms with Gasteiger partial charge in [-0.05, 0) is 32.1 Å². The highest BCUT2D eigenvalue weighted by Crippen LogP contribution is 2.33. The fourth-order valence-electron chi connectivity index (χ4n) is 3.29. The van der Waals surface area contributed by atoms with E-state index in [1.807, 2.05) is 0 Å². The molecule has 4 N–H and O–H groups in total. The molecule has 0 aromatic heterocycles. The number of piperidine rings is 1. The van der Waals surface area contributed by atoms with Gasteiger partial charge in [-0.15, -0.1) is 23.5 Å². The third kappa shape index (κ3) is 4.60. The van der Waals surface area contributed by atoms with Gasteiger partial charge in [0.2, 0.25) is 11.8 Å². The van der Waals surface area contributed by atoms with Crippen LogP contribution in [-0.4, -0.2) is 65.4 Å². The first-order chi connectivity index (χ1) is 12.1. The van der Waals surface area contributed by atoms with Crippen molar-refractivity contribution in [2.45, 2.75) is 41.8 Å². The monoisotopic (exact) mass is 388 g/mol. The number of carbonyl (C=O) groups excluding carboxylic acids is 3. The number of rotatable bonds is 4. The van der Waals surface area contributed by atoms with E-state index in [9.17, 15) is 14.4 Å². The first-order valence-electron chi connectivity index (χ1n) is 8.60. The predicted octanol–water partition coefficient (Wildman–Crippen LogP) is -0.152. The van der Waals surface area contributed by atoms with Gasteiger partial charge in [0.1, 0.15) is 5.37 Å². The summed E-state index contributed by atoms with van der Waals surface area (Å²) in [5, 5.41) is 11.8. The zero-order valence-corrected chi connectivity index (χ0v) is 15.7. The van der Waals surface area contributed by atoms with Crippen LogP contribution in [0.3, 0.4) is 0 Å². The van der Waals surface area contributed by atoms with Crippen molar-refractivity contribution >= 4 is 41.4 Å². The molecule has 3 fully saturated rings. The highest BCUT2D eigenvalue weighted by molar-refractivity contribution is 8.01. The van der Waals surface area contributed by atoms with Crippen molar-refractivity contribution in [3.05, 3.63) is 0 Å². The Morgan fingerprint density at radius 1 is 1.24 bits per heavy atom. The van der Waals surface area contributed by atoms with E-state index in [-0.39, 0.29) is 23.3 Å². The lowest BCUT2D eigenvalue weighted by Crippen LogP contribution is -2.50. The average molecular weight is 389 g/mol. The van der Waals surface area contributed by atoms with Gasteiger partial charge in [-0.1, -0.05) is 0 Å². The Morgan fingerprint density at radius 2 is 2.08 bits per heavy atom. The number of hydrogen-bond donors (Lipinski definition) is 4. The number of ether oxygens (including phenoxy) is 1. The molecule has 3 saturated heterocycles. The molecule has 3 rings (SSSR count). The number of hydrogen-bond acceptors (Lipinski definition) is 8. The van der Waals surface area contributed by atoms with Gasteiger partial charge >= 0.3 is 6.09 Å². The summed E-state index contributed by atoms with van der Waals surface area (Å²) in [6.45, 7) is 3.77. The Kier molecular flexibility index (Phi) is 6.48. The van der Waals surface area contributed by atoms with E-state index in [0.29, 0.717) is 17.7 Å². The van der Waals surface area contributed by atoms with Gasteiger partial charge in [0.15, 0.2) is 0 Å². The van der Waals surface area contributed by atoms with Crippen molar-refractivity contribution in [1.29, 1.82) is 0 Å². The molecule has 5 atom stereocenters. The molecule has 0 aliphatic carbocycles. The van der Waals surface area contributed by atoms with Gasteiger partial charge in [-0.25, -0.2) is 4.79 Å². The first kappa shape index (κ1) is 18.8. The third-order valence-electron chi connectivity index (χ3n) is 4.55. The maximum Gasteiger partial charge on any atom is 0.413 e. The van der Waals surface area contributed by atoms with Crippen LogP contribution in [0.1, 0.15) is 19.8 Å². The standard InChI is InChI=1S/C15H24N4O4S2/c1-2-23-15(22)19-11(20)8-4-6-24-13(8)18-12(21)14-17-9-3-5-16-7-10(9)25-14/h8-10,13-14,16-17H,2-7H2,1H3,(H,18,21)(H,19,20,22). The summed E-state index contributed by atoms with van der Waals surface area (Å²) in [6.07, 6.45) is 0.907. The minimum Gasteiger partial charge on any atom is -0.450 e. The summed E-state index contributed by atoms with van der Waals surface area (Å²) in [5.74, 6) is -0.133. The maximum absolute atomic E-state index is 12.6. The number of thioether (sulfide) groups is 2. The van der Waals surface area contributed by atoms with Gasteiger partial charge in [-0.3, -0.25) is 20.2 Å². The smallest absolute Gasteiger partial charge is 0.413 e. The molecule has 0 spiro atoms. The van der Waals surface area contributed by atoms with E-state index in [1.165, 1.54) is 11.8 Å². The van der Waals surface area contributed by atoms with Crippen molar-refractivity contribution in [3.63, 3.8) is 0 Å². The van der Waals surface area contributed by atoms with Crippen LogP contribution < -0.4 is 21.3 Å². The van der Waals surface area contributed by atoms with Crippen LogP contribution in [0.25, 0.3) is 0 Å². The molecule has 3 amide bonds. The molecule has 140 valence electrons. The predicted molar refractivity (Wildman–Crippen MR) is 97.2 cm³/mol. The number of nitrogens with one attached hydrogen (secondary N) is 4. The summed E-state index contributed by atoms with van der Waals surface area (Å²) < 4.78 is 4.74. The number of imide groups is 1. The quantitative estimate of drug-likeness (QED) is 0.527. The van der Waals surface area contributed by atoms with Gasteiger partial charge in [0.05, 0.1) is 17.9 Å². The van der Waals surface area contributed by atoms with Crippen LogP contribution in [0.15, 0.2) is 0 Å². The Bertz CT molecular complexity index is 522. The second-order valence-corrected chi connectivity index (χ2v) is 8.82. The van der Waals surface area contributed by atoms with E-state index in [2.05, 4.69) is 21.3 Å². The molecule has 10 heteroatoms. The highest BCUT2D eigenvalue weighted by Gasteiger charge is 2.41. The molecule has 0 aromatic rings. The van der Waals surface area contributed by atoms with Gasteiger partial charge in [0, 0.05) is 17.8 Å². The lowest BCUT2D eigenvalue weighted by molar-refractivity contribution is -0.125. The molecule has 0 radical (unpaired) electrons. The molecule has 0 bridgehead atoms. The summed E-state index contributed by atoms with van der Waals surface area (Å²) in [6, 6.07) is 0.362. The number of amides is 3.